The van der Waals surface area contributed by atoms with Crippen molar-refractivity contribution in [1.29, 1.82) is 0 Å². The van der Waals surface area contributed by atoms with Crippen LogP contribution in [0.1, 0.15) is 52.4 Å². The molecule has 8 nitrogen and oxygen atoms in total. The zero-order valence-electron chi connectivity index (χ0n) is 16.9. The van der Waals surface area contributed by atoms with Crippen LogP contribution in [-0.4, -0.2) is 49.8 Å². The van der Waals surface area contributed by atoms with E-state index in [1.807, 2.05) is 6.92 Å². The van der Waals surface area contributed by atoms with Crippen LogP contribution >= 0.6 is 11.3 Å². The summed E-state index contributed by atoms with van der Waals surface area (Å²) in [5.41, 5.74) is 0.748. The fourth-order valence-corrected chi connectivity index (χ4v) is 4.98. The first-order valence-electron chi connectivity index (χ1n) is 9.21. The molecule has 1 heterocycles. The first kappa shape index (κ1) is 23.0. The number of carbonyl (C=O) groups excluding carboxylic acids is 2. The van der Waals surface area contributed by atoms with Gasteiger partial charge >= 0.3 is 5.97 Å². The van der Waals surface area contributed by atoms with Crippen molar-refractivity contribution in [2.75, 3.05) is 25.5 Å². The lowest BCUT2D eigenvalue weighted by molar-refractivity contribution is 0.0605. The van der Waals surface area contributed by atoms with Crippen molar-refractivity contribution in [2.24, 2.45) is 0 Å². The second-order valence-corrected chi connectivity index (χ2v) is 9.19. The van der Waals surface area contributed by atoms with Crippen molar-refractivity contribution >= 4 is 38.4 Å². The Morgan fingerprint density at radius 2 is 1.86 bits per heavy atom. The molecule has 0 radical (unpaired) electrons. The molecule has 1 aromatic carbocycles. The Hall–Kier alpha value is -2.30. The van der Waals surface area contributed by atoms with Crippen molar-refractivity contribution in [2.45, 2.75) is 38.5 Å². The van der Waals surface area contributed by atoms with Crippen LogP contribution in [0.5, 0.6) is 0 Å². The minimum Gasteiger partial charge on any atom is -0.465 e. The molecule has 0 fully saturated rings. The summed E-state index contributed by atoms with van der Waals surface area (Å²) in [6.07, 6.45) is 1.69. The number of benzene rings is 1. The number of anilines is 1. The first-order chi connectivity index (χ1) is 13.7. The van der Waals surface area contributed by atoms with Gasteiger partial charge in [0.1, 0.15) is 4.88 Å². The van der Waals surface area contributed by atoms with Crippen molar-refractivity contribution in [3.05, 3.63) is 40.4 Å². The van der Waals surface area contributed by atoms with E-state index < -0.39 is 21.9 Å². The molecule has 0 saturated heterocycles. The number of esters is 1. The Bertz CT molecular complexity index is 968. The van der Waals surface area contributed by atoms with Crippen molar-refractivity contribution < 1.29 is 22.7 Å². The summed E-state index contributed by atoms with van der Waals surface area (Å²) < 4.78 is 31.6. The summed E-state index contributed by atoms with van der Waals surface area (Å²) in [5.74, 6) is -0.962. The Balaban J connectivity index is 2.15. The molecule has 0 saturated carbocycles. The molecule has 0 aliphatic rings. The van der Waals surface area contributed by atoms with Crippen molar-refractivity contribution in [3.63, 3.8) is 0 Å². The molecule has 1 N–H and O–H groups in total. The van der Waals surface area contributed by atoms with Gasteiger partial charge in [-0.05, 0) is 37.6 Å². The van der Waals surface area contributed by atoms with E-state index in [0.717, 1.165) is 24.2 Å². The number of aryl methyl sites for hydroxylation is 1. The maximum absolute atomic E-state index is 12.7. The standard InChI is InChI=1S/C19H25N3O5S2/c1-5-7-12-22(6-2)29(25,26)15-10-8-14(9-11-15)17(23)21-19-20-13(3)16(28-19)18(24)27-4/h8-11H,5-7,12H2,1-4H3,(H,20,21,23). The summed E-state index contributed by atoms with van der Waals surface area (Å²) in [6.45, 7) is 6.30. The number of thiazole rings is 1. The minimum absolute atomic E-state index is 0.144. The molecule has 2 rings (SSSR count). The molecule has 0 atom stereocenters. The molecule has 0 aliphatic carbocycles. The average Bonchev–Trinajstić information content (AvgIpc) is 3.07. The second-order valence-electron chi connectivity index (χ2n) is 6.25. The molecule has 0 aliphatic heterocycles. The van der Waals surface area contributed by atoms with Gasteiger partial charge in [0.05, 0.1) is 17.7 Å². The zero-order valence-corrected chi connectivity index (χ0v) is 18.5. The molecular weight excluding hydrogens is 414 g/mol. The quantitative estimate of drug-likeness (QED) is 0.601. The molecule has 1 amide bonds. The number of hydrogen-bond donors (Lipinski definition) is 1. The van der Waals surface area contributed by atoms with Gasteiger partial charge in [0.25, 0.3) is 5.91 Å². The Morgan fingerprint density at radius 1 is 1.21 bits per heavy atom. The van der Waals surface area contributed by atoms with Crippen LogP contribution in [0.25, 0.3) is 0 Å². The van der Waals surface area contributed by atoms with Crippen LogP contribution < -0.4 is 5.32 Å². The summed E-state index contributed by atoms with van der Waals surface area (Å²) in [5, 5.41) is 2.88. The molecule has 0 bridgehead atoms. The normalized spacial score (nSPS) is 11.5. The lowest BCUT2D eigenvalue weighted by Gasteiger charge is -2.20. The minimum atomic E-state index is -3.60. The van der Waals surface area contributed by atoms with Gasteiger partial charge in [-0.15, -0.1) is 0 Å². The third-order valence-corrected chi connectivity index (χ3v) is 7.30. The molecule has 1 aromatic heterocycles. The number of aromatic nitrogens is 1. The van der Waals surface area contributed by atoms with Gasteiger partial charge in [-0.3, -0.25) is 10.1 Å². The lowest BCUT2D eigenvalue weighted by Crippen LogP contribution is -2.31. The third-order valence-electron chi connectivity index (χ3n) is 4.26. The largest absolute Gasteiger partial charge is 0.465 e. The fraction of sp³-hybridized carbons (Fsp3) is 0.421. The molecular formula is C19H25N3O5S2. The number of nitrogens with one attached hydrogen (secondary N) is 1. The highest BCUT2D eigenvalue weighted by Crippen LogP contribution is 2.24. The lowest BCUT2D eigenvalue weighted by atomic mass is 10.2. The Kier molecular flexibility index (Phi) is 7.88. The highest BCUT2D eigenvalue weighted by atomic mass is 32.2. The highest BCUT2D eigenvalue weighted by molar-refractivity contribution is 7.89. The van der Waals surface area contributed by atoms with E-state index in [9.17, 15) is 18.0 Å². The molecule has 10 heteroatoms. The smallest absolute Gasteiger partial charge is 0.350 e. The fourth-order valence-electron chi connectivity index (χ4n) is 2.61. The number of amides is 1. The number of nitrogens with zero attached hydrogens (tertiary/aromatic N) is 2. The molecule has 29 heavy (non-hydrogen) atoms. The van der Waals surface area contributed by atoms with Gasteiger partial charge in [-0.25, -0.2) is 18.2 Å². The summed E-state index contributed by atoms with van der Waals surface area (Å²) in [4.78, 5) is 28.7. The second kappa shape index (κ2) is 9.95. The Morgan fingerprint density at radius 3 is 2.41 bits per heavy atom. The van der Waals surface area contributed by atoms with Gasteiger partial charge < -0.3 is 4.74 Å². The maximum Gasteiger partial charge on any atom is 0.350 e. The number of rotatable bonds is 9. The number of carbonyl (C=O) groups is 2. The predicted molar refractivity (Wildman–Crippen MR) is 112 cm³/mol. The number of ether oxygens (including phenoxy) is 1. The third kappa shape index (κ3) is 5.40. The van der Waals surface area contributed by atoms with E-state index in [-0.39, 0.29) is 15.6 Å². The number of hydrogen-bond acceptors (Lipinski definition) is 7. The molecule has 158 valence electrons. The molecule has 0 spiro atoms. The van der Waals surface area contributed by atoms with Crippen LogP contribution in [-0.2, 0) is 14.8 Å². The molecule has 0 unspecified atom stereocenters. The summed E-state index contributed by atoms with van der Waals surface area (Å²) in [7, 11) is -2.32. The SMILES string of the molecule is CCCCN(CC)S(=O)(=O)c1ccc(C(=O)Nc2nc(C)c(C(=O)OC)s2)cc1. The molecule has 2 aromatic rings. The van der Waals surface area contributed by atoms with E-state index in [0.29, 0.717) is 23.7 Å². The van der Waals surface area contributed by atoms with Crippen molar-refractivity contribution in [3.8, 4) is 0 Å². The topological polar surface area (TPSA) is 106 Å². The van der Waals surface area contributed by atoms with Crippen LogP contribution in [0.4, 0.5) is 5.13 Å². The monoisotopic (exact) mass is 439 g/mol. The number of methoxy groups -OCH3 is 1. The predicted octanol–water partition coefficient (Wildman–Crippen LogP) is 3.30. The summed E-state index contributed by atoms with van der Waals surface area (Å²) >= 11 is 1.02. The number of sulfonamides is 1. The van der Waals surface area contributed by atoms with Gasteiger partial charge in [0, 0.05) is 18.7 Å². The van der Waals surface area contributed by atoms with E-state index in [1.165, 1.54) is 35.7 Å². The van der Waals surface area contributed by atoms with Gasteiger partial charge in [-0.2, -0.15) is 4.31 Å². The highest BCUT2D eigenvalue weighted by Gasteiger charge is 2.23. The van der Waals surface area contributed by atoms with Crippen LogP contribution in [0.2, 0.25) is 0 Å². The van der Waals surface area contributed by atoms with E-state index >= 15 is 0 Å². The maximum atomic E-state index is 12.7. The van der Waals surface area contributed by atoms with Crippen LogP contribution in [0.15, 0.2) is 29.2 Å². The van der Waals surface area contributed by atoms with Crippen molar-refractivity contribution in [1.82, 2.24) is 9.29 Å². The van der Waals surface area contributed by atoms with Gasteiger partial charge in [0.2, 0.25) is 10.0 Å². The van der Waals surface area contributed by atoms with Crippen LogP contribution in [0.3, 0.4) is 0 Å². The van der Waals surface area contributed by atoms with Crippen LogP contribution in [0, 0.1) is 6.92 Å². The van der Waals surface area contributed by atoms with E-state index in [2.05, 4.69) is 15.0 Å². The van der Waals surface area contributed by atoms with E-state index in [4.69, 9.17) is 0 Å². The first-order valence-corrected chi connectivity index (χ1v) is 11.5. The average molecular weight is 440 g/mol. The summed E-state index contributed by atoms with van der Waals surface area (Å²) in [6, 6.07) is 5.76. The van der Waals surface area contributed by atoms with Gasteiger partial charge in [0.15, 0.2) is 5.13 Å². The van der Waals surface area contributed by atoms with Gasteiger partial charge in [-0.1, -0.05) is 31.6 Å². The number of unbranched alkanes of at least 4 members (excludes halogenated alkanes) is 1. The Labute approximate surface area is 175 Å². The zero-order chi connectivity index (χ0) is 21.6. The van der Waals surface area contributed by atoms with E-state index in [1.54, 1.807) is 13.8 Å².